The summed E-state index contributed by atoms with van der Waals surface area (Å²) in [5, 5.41) is 4.01. The number of rotatable bonds is 6. The van der Waals surface area contributed by atoms with Gasteiger partial charge in [-0.15, -0.1) is 0 Å². The molecular weight excluding hydrogens is 473 g/mol. The van der Waals surface area contributed by atoms with Gasteiger partial charge in [-0.05, 0) is 42.5 Å². The number of hydrogen-bond acceptors (Lipinski definition) is 5. The second-order valence-electron chi connectivity index (χ2n) is 9.37. The van der Waals surface area contributed by atoms with E-state index in [0.29, 0.717) is 51.0 Å². The Morgan fingerprint density at radius 3 is 2.53 bits per heavy atom. The Balaban J connectivity index is 1.64. The smallest absolute Gasteiger partial charge is 0.336 e. The van der Waals surface area contributed by atoms with Crippen molar-refractivity contribution in [2.24, 2.45) is 5.41 Å². The molecule has 0 aromatic heterocycles. The summed E-state index contributed by atoms with van der Waals surface area (Å²) in [6.07, 6.45) is 1.07. The standard InChI is InChI=1S/C27H27Cl2NO4/c1-16-22(26(32)34-13-12-33-17-8-5-4-6-9-17)23(18-10-7-11-19(28)25(18)29)24-20(30-16)14-27(2,3)15-21(24)31/h4-11,23,30H,12-15H2,1-3H3/t23-/m0/s1. The van der Waals surface area contributed by atoms with E-state index in [-0.39, 0.29) is 24.4 Å². The van der Waals surface area contributed by atoms with Crippen LogP contribution in [0.25, 0.3) is 0 Å². The minimum atomic E-state index is -0.659. The lowest BCUT2D eigenvalue weighted by Crippen LogP contribution is -2.39. The van der Waals surface area contributed by atoms with E-state index >= 15 is 0 Å². The first-order valence-electron chi connectivity index (χ1n) is 11.2. The average Bonchev–Trinajstić information content (AvgIpc) is 2.77. The average molecular weight is 500 g/mol. The Bertz CT molecular complexity index is 1180. The highest BCUT2D eigenvalue weighted by molar-refractivity contribution is 6.42. The SMILES string of the molecule is CC1=C(C(=O)OCCOc2ccccc2)[C@H](c2cccc(Cl)c2Cl)C2=C(CC(C)(C)CC2=O)N1. The van der Waals surface area contributed by atoms with Crippen LogP contribution in [0.1, 0.15) is 45.1 Å². The molecule has 1 aliphatic heterocycles. The van der Waals surface area contributed by atoms with Crippen LogP contribution in [0.3, 0.4) is 0 Å². The van der Waals surface area contributed by atoms with E-state index in [1.807, 2.05) is 37.3 Å². The number of benzene rings is 2. The molecule has 2 aliphatic rings. The monoisotopic (exact) mass is 499 g/mol. The first kappa shape index (κ1) is 24.4. The molecular formula is C27H27Cl2NO4. The molecule has 1 atom stereocenters. The zero-order valence-electron chi connectivity index (χ0n) is 19.4. The minimum absolute atomic E-state index is 0.00926. The molecule has 0 saturated carbocycles. The molecule has 178 valence electrons. The zero-order chi connectivity index (χ0) is 24.5. The summed E-state index contributed by atoms with van der Waals surface area (Å²) in [6, 6.07) is 14.6. The highest BCUT2D eigenvalue weighted by atomic mass is 35.5. The lowest BCUT2D eigenvalue weighted by Gasteiger charge is -2.39. The number of carbonyl (C=O) groups excluding carboxylic acids is 2. The van der Waals surface area contributed by atoms with Gasteiger partial charge in [0, 0.05) is 29.3 Å². The van der Waals surface area contributed by atoms with Gasteiger partial charge in [-0.3, -0.25) is 4.79 Å². The fourth-order valence-electron chi connectivity index (χ4n) is 4.65. The summed E-state index contributed by atoms with van der Waals surface area (Å²) in [4.78, 5) is 26.7. The van der Waals surface area contributed by atoms with Gasteiger partial charge in [-0.25, -0.2) is 4.79 Å². The van der Waals surface area contributed by atoms with Crippen LogP contribution >= 0.6 is 23.2 Å². The fourth-order valence-corrected chi connectivity index (χ4v) is 5.07. The number of hydrogen-bond donors (Lipinski definition) is 1. The Labute approximate surface area is 209 Å². The highest BCUT2D eigenvalue weighted by Gasteiger charge is 2.43. The van der Waals surface area contributed by atoms with Crippen LogP contribution in [0, 0.1) is 5.41 Å². The molecule has 0 spiro atoms. The van der Waals surface area contributed by atoms with Crippen molar-refractivity contribution >= 4 is 35.0 Å². The van der Waals surface area contributed by atoms with Gasteiger partial charge in [-0.1, -0.05) is 67.4 Å². The maximum Gasteiger partial charge on any atom is 0.336 e. The largest absolute Gasteiger partial charge is 0.490 e. The van der Waals surface area contributed by atoms with Gasteiger partial charge in [0.1, 0.15) is 19.0 Å². The first-order chi connectivity index (χ1) is 16.2. The lowest BCUT2D eigenvalue weighted by atomic mass is 9.68. The van der Waals surface area contributed by atoms with Crippen molar-refractivity contribution in [3.63, 3.8) is 0 Å². The summed E-state index contributed by atoms with van der Waals surface area (Å²) in [7, 11) is 0. The van der Waals surface area contributed by atoms with E-state index in [0.717, 1.165) is 5.70 Å². The molecule has 0 saturated heterocycles. The number of ether oxygens (including phenoxy) is 2. The molecule has 5 nitrogen and oxygen atoms in total. The van der Waals surface area contributed by atoms with Crippen molar-refractivity contribution < 1.29 is 19.1 Å². The van der Waals surface area contributed by atoms with Crippen molar-refractivity contribution in [3.8, 4) is 5.75 Å². The third kappa shape index (κ3) is 5.01. The number of para-hydroxylation sites is 1. The van der Waals surface area contributed by atoms with E-state index in [1.54, 1.807) is 18.2 Å². The Hall–Kier alpha value is -2.76. The van der Waals surface area contributed by atoms with Gasteiger partial charge >= 0.3 is 5.97 Å². The van der Waals surface area contributed by atoms with Gasteiger partial charge in [0.05, 0.1) is 15.6 Å². The molecule has 4 rings (SSSR count). The van der Waals surface area contributed by atoms with Gasteiger partial charge in [0.25, 0.3) is 0 Å². The quantitative estimate of drug-likeness (QED) is 0.377. The lowest BCUT2D eigenvalue weighted by molar-refractivity contribution is -0.140. The summed E-state index contributed by atoms with van der Waals surface area (Å²) in [6.45, 7) is 6.21. The number of Topliss-reactive ketones (excluding diaryl/α,β-unsaturated/α-hetero) is 1. The summed E-state index contributed by atoms with van der Waals surface area (Å²) >= 11 is 12.9. The van der Waals surface area contributed by atoms with Gasteiger partial charge in [-0.2, -0.15) is 0 Å². The van der Waals surface area contributed by atoms with Crippen molar-refractivity contribution in [3.05, 3.63) is 86.7 Å². The topological polar surface area (TPSA) is 64.6 Å². The molecule has 7 heteroatoms. The second-order valence-corrected chi connectivity index (χ2v) is 10.2. The third-order valence-corrected chi connectivity index (χ3v) is 6.91. The maximum atomic E-state index is 13.3. The van der Waals surface area contributed by atoms with E-state index in [4.69, 9.17) is 32.7 Å². The molecule has 1 N–H and O–H groups in total. The maximum absolute atomic E-state index is 13.3. The number of allylic oxidation sites excluding steroid dienone is 3. The van der Waals surface area contributed by atoms with Crippen LogP contribution in [0.5, 0.6) is 5.75 Å². The number of nitrogens with one attached hydrogen (secondary N) is 1. The minimum Gasteiger partial charge on any atom is -0.490 e. The first-order valence-corrected chi connectivity index (χ1v) is 12.0. The number of dihydropyridines is 1. The van der Waals surface area contributed by atoms with Crippen LogP contribution in [-0.2, 0) is 14.3 Å². The number of esters is 1. The van der Waals surface area contributed by atoms with Gasteiger partial charge in [0.2, 0.25) is 0 Å². The molecule has 1 aliphatic carbocycles. The van der Waals surface area contributed by atoms with Crippen molar-refractivity contribution in [2.45, 2.75) is 39.5 Å². The molecule has 2 aromatic carbocycles. The number of carbonyl (C=O) groups is 2. The molecule has 0 unspecified atom stereocenters. The van der Waals surface area contributed by atoms with E-state index < -0.39 is 11.9 Å². The van der Waals surface area contributed by atoms with Gasteiger partial charge in [0.15, 0.2) is 5.78 Å². The second kappa shape index (κ2) is 9.85. The number of ketones is 1. The normalized spacial score (nSPS) is 19.4. The molecule has 0 amide bonds. The summed E-state index contributed by atoms with van der Waals surface area (Å²) < 4.78 is 11.2. The molecule has 1 heterocycles. The summed E-state index contributed by atoms with van der Waals surface area (Å²) in [5.74, 6) is -0.493. The fraction of sp³-hybridized carbons (Fsp3) is 0.333. The van der Waals surface area contributed by atoms with E-state index in [2.05, 4.69) is 19.2 Å². The van der Waals surface area contributed by atoms with Crippen molar-refractivity contribution in [1.29, 1.82) is 0 Å². The van der Waals surface area contributed by atoms with Crippen LogP contribution in [0.2, 0.25) is 10.0 Å². The van der Waals surface area contributed by atoms with Crippen LogP contribution in [0.15, 0.2) is 71.1 Å². The predicted octanol–water partition coefficient (Wildman–Crippen LogP) is 6.22. The molecule has 0 fully saturated rings. The van der Waals surface area contributed by atoms with Crippen LogP contribution in [-0.4, -0.2) is 25.0 Å². The molecule has 34 heavy (non-hydrogen) atoms. The Morgan fingerprint density at radius 2 is 1.79 bits per heavy atom. The summed E-state index contributed by atoms with van der Waals surface area (Å²) in [5.41, 5.74) is 2.81. The van der Waals surface area contributed by atoms with Crippen molar-refractivity contribution in [1.82, 2.24) is 5.32 Å². The Morgan fingerprint density at radius 1 is 1.06 bits per heavy atom. The third-order valence-electron chi connectivity index (χ3n) is 6.08. The molecule has 0 bridgehead atoms. The van der Waals surface area contributed by atoms with Crippen molar-refractivity contribution in [2.75, 3.05) is 13.2 Å². The van der Waals surface area contributed by atoms with E-state index in [1.165, 1.54) is 0 Å². The van der Waals surface area contributed by atoms with Crippen LogP contribution < -0.4 is 10.1 Å². The van der Waals surface area contributed by atoms with E-state index in [9.17, 15) is 9.59 Å². The van der Waals surface area contributed by atoms with Crippen LogP contribution in [0.4, 0.5) is 0 Å². The van der Waals surface area contributed by atoms with Gasteiger partial charge < -0.3 is 14.8 Å². The Kier molecular flexibility index (Phi) is 7.06. The zero-order valence-corrected chi connectivity index (χ0v) is 20.9. The number of halogens is 2. The molecule has 0 radical (unpaired) electrons. The highest BCUT2D eigenvalue weighted by Crippen LogP contribution is 2.48. The molecule has 2 aromatic rings. The predicted molar refractivity (Wildman–Crippen MR) is 133 cm³/mol.